The maximum atomic E-state index is 12.4. The number of rotatable bonds is 5. The molecule has 1 aliphatic rings. The molecule has 3 aromatic rings. The first-order valence-corrected chi connectivity index (χ1v) is 9.63. The molecule has 1 atom stereocenters. The Bertz CT molecular complexity index is 1050. The number of aromatic amines is 1. The predicted molar refractivity (Wildman–Crippen MR) is 110 cm³/mol. The molecular formula is C22H21N5O3. The van der Waals surface area contributed by atoms with Gasteiger partial charge in [-0.1, -0.05) is 60.7 Å². The van der Waals surface area contributed by atoms with Crippen LogP contribution in [0.25, 0.3) is 11.3 Å². The van der Waals surface area contributed by atoms with Crippen LogP contribution < -0.4 is 10.9 Å². The van der Waals surface area contributed by atoms with E-state index in [4.69, 9.17) is 0 Å². The number of benzene rings is 2. The highest BCUT2D eigenvalue weighted by Gasteiger charge is 2.34. The van der Waals surface area contributed by atoms with Crippen molar-refractivity contribution < 1.29 is 14.4 Å². The van der Waals surface area contributed by atoms with Gasteiger partial charge in [-0.25, -0.2) is 0 Å². The summed E-state index contributed by atoms with van der Waals surface area (Å²) in [5.41, 5.74) is 7.53. The van der Waals surface area contributed by atoms with Gasteiger partial charge < -0.3 is 4.90 Å². The highest BCUT2D eigenvalue weighted by molar-refractivity contribution is 5.95. The molecule has 8 heteroatoms. The van der Waals surface area contributed by atoms with Gasteiger partial charge in [0.1, 0.15) is 5.69 Å². The number of nitrogens with one attached hydrogen (secondary N) is 3. The van der Waals surface area contributed by atoms with Crippen LogP contribution in [0, 0.1) is 5.92 Å². The third-order valence-corrected chi connectivity index (χ3v) is 4.99. The van der Waals surface area contributed by atoms with E-state index < -0.39 is 17.7 Å². The van der Waals surface area contributed by atoms with Crippen molar-refractivity contribution in [1.82, 2.24) is 25.9 Å². The molecule has 1 fully saturated rings. The van der Waals surface area contributed by atoms with Gasteiger partial charge in [-0.3, -0.25) is 30.3 Å². The van der Waals surface area contributed by atoms with Crippen LogP contribution in [0.15, 0.2) is 66.7 Å². The second-order valence-corrected chi connectivity index (χ2v) is 7.14. The third-order valence-electron chi connectivity index (χ3n) is 4.99. The Kier molecular flexibility index (Phi) is 5.56. The van der Waals surface area contributed by atoms with Gasteiger partial charge >= 0.3 is 0 Å². The number of aromatic nitrogens is 2. The standard InChI is InChI=1S/C22H21N5O3/c28-20-11-17(14-27(20)13-15-7-3-1-4-8-15)21(29)25-26-22(30)19-12-18(23-24-19)16-9-5-2-6-10-16/h1-10,12,17H,11,13-14H2,(H,23,24)(H,25,29)(H,26,30)/t17-/m1/s1. The Morgan fingerprint density at radius 3 is 2.47 bits per heavy atom. The molecule has 0 radical (unpaired) electrons. The molecule has 0 saturated carbocycles. The highest BCUT2D eigenvalue weighted by Crippen LogP contribution is 2.20. The summed E-state index contributed by atoms with van der Waals surface area (Å²) in [5, 5.41) is 6.78. The van der Waals surface area contributed by atoms with E-state index in [9.17, 15) is 14.4 Å². The van der Waals surface area contributed by atoms with E-state index in [0.717, 1.165) is 11.1 Å². The van der Waals surface area contributed by atoms with Crippen molar-refractivity contribution in [3.8, 4) is 11.3 Å². The van der Waals surface area contributed by atoms with E-state index in [1.165, 1.54) is 0 Å². The van der Waals surface area contributed by atoms with Gasteiger partial charge in [0, 0.05) is 25.1 Å². The van der Waals surface area contributed by atoms with E-state index >= 15 is 0 Å². The summed E-state index contributed by atoms with van der Waals surface area (Å²) in [5.74, 6) is -1.49. The van der Waals surface area contributed by atoms with Crippen molar-refractivity contribution in [2.45, 2.75) is 13.0 Å². The molecule has 0 spiro atoms. The molecule has 1 aromatic heterocycles. The predicted octanol–water partition coefficient (Wildman–Crippen LogP) is 1.89. The zero-order valence-electron chi connectivity index (χ0n) is 16.2. The van der Waals surface area contributed by atoms with Crippen molar-refractivity contribution in [2.75, 3.05) is 6.54 Å². The second-order valence-electron chi connectivity index (χ2n) is 7.14. The van der Waals surface area contributed by atoms with Crippen molar-refractivity contribution in [1.29, 1.82) is 0 Å². The van der Waals surface area contributed by atoms with Gasteiger partial charge in [0.2, 0.25) is 11.8 Å². The fraction of sp³-hybridized carbons (Fsp3) is 0.182. The lowest BCUT2D eigenvalue weighted by atomic mass is 10.1. The third kappa shape index (κ3) is 4.38. The Morgan fingerprint density at radius 2 is 1.73 bits per heavy atom. The molecule has 2 heterocycles. The van der Waals surface area contributed by atoms with E-state index in [1.807, 2.05) is 60.7 Å². The number of H-pyrrole nitrogens is 1. The first-order valence-electron chi connectivity index (χ1n) is 9.63. The number of carbonyl (C=O) groups excluding carboxylic acids is 3. The van der Waals surface area contributed by atoms with Crippen LogP contribution in [0.4, 0.5) is 0 Å². The summed E-state index contributed by atoms with van der Waals surface area (Å²) in [6, 6.07) is 20.7. The molecule has 8 nitrogen and oxygen atoms in total. The molecule has 2 aromatic carbocycles. The number of hydrogen-bond acceptors (Lipinski definition) is 4. The summed E-state index contributed by atoms with van der Waals surface area (Å²) in [7, 11) is 0. The molecule has 3 N–H and O–H groups in total. The Labute approximate surface area is 173 Å². The molecule has 0 unspecified atom stereocenters. The van der Waals surface area contributed by atoms with Crippen molar-refractivity contribution >= 4 is 17.7 Å². The van der Waals surface area contributed by atoms with Gasteiger partial charge in [-0.2, -0.15) is 5.10 Å². The van der Waals surface area contributed by atoms with Crippen LogP contribution >= 0.6 is 0 Å². The number of likely N-dealkylation sites (tertiary alicyclic amines) is 1. The molecule has 4 rings (SSSR count). The average Bonchev–Trinajstić information content (AvgIpc) is 3.41. The van der Waals surface area contributed by atoms with Gasteiger partial charge in [0.15, 0.2) is 0 Å². The van der Waals surface area contributed by atoms with Crippen LogP contribution in [0.5, 0.6) is 0 Å². The SMILES string of the molecule is O=C(NNC(=O)[C@@H]1CC(=O)N(Cc2ccccc2)C1)c1cc(-c2ccccc2)n[nH]1. The lowest BCUT2D eigenvalue weighted by Gasteiger charge is -2.16. The van der Waals surface area contributed by atoms with Crippen LogP contribution in [0.1, 0.15) is 22.5 Å². The van der Waals surface area contributed by atoms with Gasteiger partial charge in [-0.15, -0.1) is 0 Å². The zero-order chi connectivity index (χ0) is 20.9. The Balaban J connectivity index is 1.30. The molecule has 30 heavy (non-hydrogen) atoms. The molecule has 1 saturated heterocycles. The number of amides is 3. The van der Waals surface area contributed by atoms with Gasteiger partial charge in [-0.05, 0) is 11.6 Å². The van der Waals surface area contributed by atoms with Gasteiger partial charge in [0.25, 0.3) is 5.91 Å². The topological polar surface area (TPSA) is 107 Å². The average molecular weight is 403 g/mol. The zero-order valence-corrected chi connectivity index (χ0v) is 16.2. The van der Waals surface area contributed by atoms with Crippen molar-refractivity contribution in [3.63, 3.8) is 0 Å². The maximum Gasteiger partial charge on any atom is 0.287 e. The summed E-state index contributed by atoms with van der Waals surface area (Å²) >= 11 is 0. The number of hydrogen-bond donors (Lipinski definition) is 3. The Morgan fingerprint density at radius 1 is 1.03 bits per heavy atom. The fourth-order valence-electron chi connectivity index (χ4n) is 3.39. The fourth-order valence-corrected chi connectivity index (χ4v) is 3.39. The minimum Gasteiger partial charge on any atom is -0.338 e. The maximum absolute atomic E-state index is 12.4. The second kappa shape index (κ2) is 8.60. The summed E-state index contributed by atoms with van der Waals surface area (Å²) in [4.78, 5) is 38.6. The smallest absolute Gasteiger partial charge is 0.287 e. The van der Waals surface area contributed by atoms with E-state index in [-0.39, 0.29) is 18.0 Å². The quantitative estimate of drug-likeness (QED) is 0.566. The normalized spacial score (nSPS) is 15.8. The van der Waals surface area contributed by atoms with E-state index in [1.54, 1.807) is 11.0 Å². The lowest BCUT2D eigenvalue weighted by molar-refractivity contribution is -0.129. The molecule has 1 aliphatic heterocycles. The summed E-state index contributed by atoms with van der Waals surface area (Å²) < 4.78 is 0. The minimum absolute atomic E-state index is 0.0774. The van der Waals surface area contributed by atoms with Gasteiger partial charge in [0.05, 0.1) is 11.6 Å². The number of nitrogens with zero attached hydrogens (tertiary/aromatic N) is 2. The summed E-state index contributed by atoms with van der Waals surface area (Å²) in [6.07, 6.45) is 0.122. The van der Waals surface area contributed by atoms with Crippen LogP contribution in [0.3, 0.4) is 0 Å². The van der Waals surface area contributed by atoms with Crippen LogP contribution in [0.2, 0.25) is 0 Å². The van der Waals surface area contributed by atoms with Crippen LogP contribution in [-0.4, -0.2) is 39.4 Å². The number of carbonyl (C=O) groups is 3. The minimum atomic E-state index is -0.511. The monoisotopic (exact) mass is 403 g/mol. The molecule has 0 aliphatic carbocycles. The molecular weight excluding hydrogens is 382 g/mol. The first kappa shape index (κ1) is 19.4. The highest BCUT2D eigenvalue weighted by atomic mass is 16.2. The molecule has 152 valence electrons. The van der Waals surface area contributed by atoms with E-state index in [2.05, 4.69) is 21.0 Å². The first-order chi connectivity index (χ1) is 14.6. The Hall–Kier alpha value is -3.94. The molecule has 0 bridgehead atoms. The summed E-state index contributed by atoms with van der Waals surface area (Å²) in [6.45, 7) is 0.782. The van der Waals surface area contributed by atoms with Crippen molar-refractivity contribution in [2.24, 2.45) is 5.92 Å². The van der Waals surface area contributed by atoms with Crippen LogP contribution in [-0.2, 0) is 16.1 Å². The van der Waals surface area contributed by atoms with Crippen molar-refractivity contribution in [3.05, 3.63) is 78.0 Å². The number of hydrazine groups is 1. The largest absolute Gasteiger partial charge is 0.338 e. The lowest BCUT2D eigenvalue weighted by Crippen LogP contribution is -2.45. The van der Waals surface area contributed by atoms with E-state index in [0.29, 0.717) is 18.8 Å². The molecule has 3 amide bonds.